The van der Waals surface area contributed by atoms with Crippen LogP contribution < -0.4 is 0 Å². The molecule has 1 aliphatic rings. The van der Waals surface area contributed by atoms with Crippen molar-refractivity contribution in [3.8, 4) is 10.0 Å². The summed E-state index contributed by atoms with van der Waals surface area (Å²) in [6, 6.07) is 0. The van der Waals surface area contributed by atoms with E-state index in [1.807, 2.05) is 6.11 Å². The summed E-state index contributed by atoms with van der Waals surface area (Å²) in [5.74, 6) is -0.640. The van der Waals surface area contributed by atoms with Crippen molar-refractivity contribution in [2.24, 2.45) is 5.92 Å². The van der Waals surface area contributed by atoms with Crippen LogP contribution in [-0.4, -0.2) is 6.11 Å². The summed E-state index contributed by atoms with van der Waals surface area (Å²) in [6.45, 7) is 0. The van der Waals surface area contributed by atoms with Gasteiger partial charge in [-0.2, -0.15) is 8.78 Å². The van der Waals surface area contributed by atoms with Gasteiger partial charge in [-0.25, -0.2) is 0 Å². The van der Waals surface area contributed by atoms with Crippen LogP contribution in [0.2, 0.25) is 0 Å². The molecule has 0 amide bonds. The van der Waals surface area contributed by atoms with Crippen LogP contribution in [0.1, 0.15) is 32.1 Å². The number of hydrogen-bond acceptors (Lipinski definition) is 1. The van der Waals surface area contributed by atoms with E-state index in [1.54, 1.807) is 22.6 Å². The van der Waals surface area contributed by atoms with Gasteiger partial charge in [0.15, 0.2) is 0 Å². The Bertz CT molecular complexity index is 213. The van der Waals surface area contributed by atoms with Gasteiger partial charge < -0.3 is 4.74 Å². The monoisotopic (exact) mass is 300 g/mol. The van der Waals surface area contributed by atoms with Crippen molar-refractivity contribution in [2.75, 3.05) is 0 Å². The molecular formula is C9H11F2IO. The summed E-state index contributed by atoms with van der Waals surface area (Å²) in [5.41, 5.74) is 0. The second-order valence-electron chi connectivity index (χ2n) is 3.20. The van der Waals surface area contributed by atoms with Gasteiger partial charge in [0.1, 0.15) is 6.11 Å². The summed E-state index contributed by atoms with van der Waals surface area (Å²) in [4.78, 5) is 0. The predicted octanol–water partition coefficient (Wildman–Crippen LogP) is 3.53. The maximum atomic E-state index is 13.2. The Morgan fingerprint density at radius 3 is 2.38 bits per heavy atom. The Hall–Kier alpha value is -0.0500. The van der Waals surface area contributed by atoms with E-state index < -0.39 is 12.0 Å². The first-order valence-electron chi connectivity index (χ1n) is 4.33. The molecule has 0 heterocycles. The third-order valence-electron chi connectivity index (χ3n) is 2.31. The molecule has 0 unspecified atom stereocenters. The summed E-state index contributed by atoms with van der Waals surface area (Å²) < 4.78 is 32.8. The minimum atomic E-state index is -3.06. The summed E-state index contributed by atoms with van der Waals surface area (Å²) in [5, 5.41) is 0. The third kappa shape index (κ3) is 3.29. The summed E-state index contributed by atoms with van der Waals surface area (Å²) >= 11 is 1.68. The van der Waals surface area contributed by atoms with Gasteiger partial charge in [-0.1, -0.05) is 19.3 Å². The van der Waals surface area contributed by atoms with E-state index in [0.29, 0.717) is 12.8 Å². The topological polar surface area (TPSA) is 9.23 Å². The molecule has 1 rings (SSSR count). The fraction of sp³-hybridized carbons (Fsp3) is 0.778. The molecule has 0 saturated heterocycles. The summed E-state index contributed by atoms with van der Waals surface area (Å²) in [7, 11) is 0. The van der Waals surface area contributed by atoms with Crippen LogP contribution >= 0.6 is 22.6 Å². The second kappa shape index (κ2) is 4.99. The molecule has 0 atom stereocenters. The fourth-order valence-electron chi connectivity index (χ4n) is 1.61. The molecule has 0 aliphatic heterocycles. The SMILES string of the molecule is FC(F)(OC#CI)C1CCCCC1. The first-order chi connectivity index (χ1) is 6.17. The van der Waals surface area contributed by atoms with Crippen LogP contribution in [0.15, 0.2) is 0 Å². The highest BCUT2D eigenvalue weighted by molar-refractivity contribution is 14.1. The highest BCUT2D eigenvalue weighted by Gasteiger charge is 2.42. The lowest BCUT2D eigenvalue weighted by Crippen LogP contribution is -2.31. The van der Waals surface area contributed by atoms with Crippen molar-refractivity contribution < 1.29 is 13.5 Å². The molecular weight excluding hydrogens is 289 g/mol. The highest BCUT2D eigenvalue weighted by Crippen LogP contribution is 2.36. The predicted molar refractivity (Wildman–Crippen MR) is 54.4 cm³/mol. The summed E-state index contributed by atoms with van der Waals surface area (Å²) in [6.07, 6.45) is 2.83. The molecule has 0 N–H and O–H groups in total. The fourth-order valence-corrected chi connectivity index (χ4v) is 1.72. The Labute approximate surface area is 90.4 Å². The number of alkyl halides is 2. The molecule has 0 aromatic heterocycles. The van der Waals surface area contributed by atoms with Crippen LogP contribution in [-0.2, 0) is 4.74 Å². The zero-order valence-electron chi connectivity index (χ0n) is 7.16. The largest absolute Gasteiger partial charge is 0.408 e. The van der Waals surface area contributed by atoms with Crippen molar-refractivity contribution in [1.82, 2.24) is 0 Å². The van der Waals surface area contributed by atoms with Gasteiger partial charge in [0.05, 0.1) is 5.92 Å². The first-order valence-corrected chi connectivity index (χ1v) is 5.41. The molecule has 1 aliphatic carbocycles. The maximum absolute atomic E-state index is 13.2. The average molecular weight is 300 g/mol. The minimum absolute atomic E-state index is 0.552. The van der Waals surface area contributed by atoms with Crippen LogP contribution in [0, 0.1) is 16.0 Å². The lowest BCUT2D eigenvalue weighted by molar-refractivity contribution is -0.239. The average Bonchev–Trinajstić information content (AvgIpc) is 2.16. The molecule has 0 bridgehead atoms. The molecule has 1 nitrogen and oxygen atoms in total. The van der Waals surface area contributed by atoms with E-state index in [1.165, 1.54) is 0 Å². The Morgan fingerprint density at radius 2 is 1.85 bits per heavy atom. The molecule has 0 aromatic rings. The van der Waals surface area contributed by atoms with E-state index in [4.69, 9.17) is 0 Å². The Morgan fingerprint density at radius 1 is 1.23 bits per heavy atom. The Balaban J connectivity index is 2.48. The normalized spacial score (nSPS) is 19.0. The Kier molecular flexibility index (Phi) is 4.23. The maximum Gasteiger partial charge on any atom is 0.408 e. The minimum Gasteiger partial charge on any atom is -0.378 e. The van der Waals surface area contributed by atoms with Crippen molar-refractivity contribution in [2.45, 2.75) is 38.2 Å². The van der Waals surface area contributed by atoms with Crippen molar-refractivity contribution in [3.63, 3.8) is 0 Å². The smallest absolute Gasteiger partial charge is 0.378 e. The number of ether oxygens (including phenoxy) is 1. The first kappa shape index (κ1) is 11.0. The zero-order chi connectivity index (χ0) is 9.73. The quantitative estimate of drug-likeness (QED) is 0.560. The van der Waals surface area contributed by atoms with Gasteiger partial charge in [0.2, 0.25) is 0 Å². The highest BCUT2D eigenvalue weighted by atomic mass is 127. The van der Waals surface area contributed by atoms with Gasteiger partial charge in [-0.05, 0) is 12.8 Å². The van der Waals surface area contributed by atoms with Crippen molar-refractivity contribution in [1.29, 1.82) is 0 Å². The molecule has 4 heteroatoms. The molecule has 0 radical (unpaired) electrons. The van der Waals surface area contributed by atoms with Crippen LogP contribution in [0.4, 0.5) is 8.78 Å². The number of halogens is 3. The van der Waals surface area contributed by atoms with E-state index in [2.05, 4.69) is 8.66 Å². The van der Waals surface area contributed by atoms with E-state index >= 15 is 0 Å². The van der Waals surface area contributed by atoms with E-state index in [-0.39, 0.29) is 0 Å². The lowest BCUT2D eigenvalue weighted by atomic mass is 9.88. The second-order valence-corrected chi connectivity index (χ2v) is 3.73. The van der Waals surface area contributed by atoms with Gasteiger partial charge in [0.25, 0.3) is 0 Å². The van der Waals surface area contributed by atoms with Gasteiger partial charge in [0, 0.05) is 26.5 Å². The zero-order valence-corrected chi connectivity index (χ0v) is 9.31. The van der Waals surface area contributed by atoms with Crippen LogP contribution in [0.5, 0.6) is 0 Å². The van der Waals surface area contributed by atoms with Gasteiger partial charge in [-0.15, -0.1) is 0 Å². The molecule has 0 aromatic carbocycles. The van der Waals surface area contributed by atoms with Crippen molar-refractivity contribution in [3.05, 3.63) is 0 Å². The van der Waals surface area contributed by atoms with Gasteiger partial charge >= 0.3 is 6.11 Å². The number of hydrogen-bond donors (Lipinski definition) is 0. The van der Waals surface area contributed by atoms with Crippen LogP contribution in [0.3, 0.4) is 0 Å². The van der Waals surface area contributed by atoms with E-state index in [9.17, 15) is 8.78 Å². The van der Waals surface area contributed by atoms with Gasteiger partial charge in [-0.3, -0.25) is 0 Å². The standard InChI is InChI=1S/C9H11F2IO/c10-9(11,13-7-6-12)8-4-2-1-3-5-8/h8H,1-5H2. The lowest BCUT2D eigenvalue weighted by Gasteiger charge is -2.27. The molecule has 1 fully saturated rings. The van der Waals surface area contributed by atoms with Crippen LogP contribution in [0.25, 0.3) is 0 Å². The van der Waals surface area contributed by atoms with Crippen molar-refractivity contribution >= 4 is 22.6 Å². The molecule has 0 spiro atoms. The third-order valence-corrected chi connectivity index (χ3v) is 2.53. The van der Waals surface area contributed by atoms with E-state index in [0.717, 1.165) is 19.3 Å². The molecule has 1 saturated carbocycles. The molecule has 13 heavy (non-hydrogen) atoms. The molecule has 74 valence electrons. The number of rotatable bonds is 2.